The van der Waals surface area contributed by atoms with Gasteiger partial charge in [-0.1, -0.05) is 18.2 Å². The Hall–Kier alpha value is -1.15. The van der Waals surface area contributed by atoms with Crippen LogP contribution in [0.25, 0.3) is 0 Å². The van der Waals surface area contributed by atoms with Crippen molar-refractivity contribution in [1.29, 1.82) is 0 Å². The van der Waals surface area contributed by atoms with Gasteiger partial charge < -0.3 is 15.5 Å². The SMILES string of the molecule is CCNC(=NCc1ccc(F)c(CN(C)C)c1)NC1CC=CC1.I. The summed E-state index contributed by atoms with van der Waals surface area (Å²) in [5, 5.41) is 6.71. The molecule has 0 spiro atoms. The van der Waals surface area contributed by atoms with Gasteiger partial charge in [-0.25, -0.2) is 9.38 Å². The summed E-state index contributed by atoms with van der Waals surface area (Å²) in [6, 6.07) is 5.66. The molecule has 2 rings (SSSR count). The van der Waals surface area contributed by atoms with Gasteiger partial charge in [0.15, 0.2) is 5.96 Å². The monoisotopic (exact) mass is 446 g/mol. The van der Waals surface area contributed by atoms with Crippen molar-refractivity contribution in [3.8, 4) is 0 Å². The zero-order valence-electron chi connectivity index (χ0n) is 14.7. The summed E-state index contributed by atoms with van der Waals surface area (Å²) in [5.41, 5.74) is 1.73. The Morgan fingerprint density at radius 3 is 2.62 bits per heavy atom. The number of guanidine groups is 1. The number of nitrogens with zero attached hydrogens (tertiary/aromatic N) is 2. The fourth-order valence-electron chi connectivity index (χ4n) is 2.61. The number of benzene rings is 1. The number of aliphatic imine (C=N–C) groups is 1. The zero-order valence-corrected chi connectivity index (χ0v) is 17.0. The van der Waals surface area contributed by atoms with Crippen LogP contribution in [0.1, 0.15) is 30.9 Å². The lowest BCUT2D eigenvalue weighted by molar-refractivity contribution is 0.392. The average Bonchev–Trinajstić information content (AvgIpc) is 3.00. The first-order valence-electron chi connectivity index (χ1n) is 8.20. The van der Waals surface area contributed by atoms with Crippen LogP contribution in [-0.2, 0) is 13.1 Å². The first-order chi connectivity index (χ1) is 11.1. The molecule has 2 N–H and O–H groups in total. The van der Waals surface area contributed by atoms with Gasteiger partial charge in [-0.3, -0.25) is 0 Å². The highest BCUT2D eigenvalue weighted by Gasteiger charge is 2.11. The normalized spacial score (nSPS) is 14.8. The molecule has 0 bridgehead atoms. The summed E-state index contributed by atoms with van der Waals surface area (Å²) in [4.78, 5) is 6.59. The Labute approximate surface area is 161 Å². The van der Waals surface area contributed by atoms with Crippen LogP contribution in [0.3, 0.4) is 0 Å². The predicted molar refractivity (Wildman–Crippen MR) is 109 cm³/mol. The molecule has 1 aromatic rings. The second-order valence-corrected chi connectivity index (χ2v) is 6.14. The fourth-order valence-corrected chi connectivity index (χ4v) is 2.61. The highest BCUT2D eigenvalue weighted by atomic mass is 127. The summed E-state index contributed by atoms with van der Waals surface area (Å²) in [6.07, 6.45) is 6.45. The summed E-state index contributed by atoms with van der Waals surface area (Å²) < 4.78 is 13.8. The molecular formula is C18H28FIN4. The minimum absolute atomic E-state index is 0. The summed E-state index contributed by atoms with van der Waals surface area (Å²) in [7, 11) is 3.88. The van der Waals surface area contributed by atoms with Gasteiger partial charge in [0.05, 0.1) is 6.54 Å². The van der Waals surface area contributed by atoms with Crippen LogP contribution in [0, 0.1) is 5.82 Å². The summed E-state index contributed by atoms with van der Waals surface area (Å²) >= 11 is 0. The van der Waals surface area contributed by atoms with Crippen molar-refractivity contribution in [3.05, 3.63) is 47.3 Å². The predicted octanol–water partition coefficient (Wildman–Crippen LogP) is 3.28. The van der Waals surface area contributed by atoms with Crippen LogP contribution >= 0.6 is 24.0 Å². The van der Waals surface area contributed by atoms with Gasteiger partial charge in [0.2, 0.25) is 0 Å². The minimum Gasteiger partial charge on any atom is -0.357 e. The lowest BCUT2D eigenvalue weighted by Gasteiger charge is -2.17. The van der Waals surface area contributed by atoms with Gasteiger partial charge in [-0.05, 0) is 51.6 Å². The van der Waals surface area contributed by atoms with Crippen LogP contribution in [-0.4, -0.2) is 37.5 Å². The standard InChI is InChI=1S/C18H27FN4.HI/c1-4-20-18(22-16-7-5-6-8-16)21-12-14-9-10-17(19)15(11-14)13-23(2)3;/h5-6,9-11,16H,4,7-8,12-13H2,1-3H3,(H2,20,21,22);1H. The maximum Gasteiger partial charge on any atom is 0.191 e. The molecule has 0 atom stereocenters. The summed E-state index contributed by atoms with van der Waals surface area (Å²) in [5.74, 6) is 0.660. The topological polar surface area (TPSA) is 39.7 Å². The highest BCUT2D eigenvalue weighted by Crippen LogP contribution is 2.13. The maximum absolute atomic E-state index is 13.8. The fraction of sp³-hybridized carbons (Fsp3) is 0.500. The largest absolute Gasteiger partial charge is 0.357 e. The van der Waals surface area contributed by atoms with Crippen molar-refractivity contribution >= 4 is 29.9 Å². The molecule has 0 saturated carbocycles. The molecule has 0 radical (unpaired) electrons. The van der Waals surface area contributed by atoms with E-state index in [2.05, 4.69) is 34.7 Å². The second-order valence-electron chi connectivity index (χ2n) is 6.14. The van der Waals surface area contributed by atoms with Gasteiger partial charge >= 0.3 is 0 Å². The number of halogens is 2. The van der Waals surface area contributed by atoms with E-state index in [0.29, 0.717) is 24.7 Å². The molecular weight excluding hydrogens is 418 g/mol. The van der Waals surface area contributed by atoms with Crippen molar-refractivity contribution in [2.75, 3.05) is 20.6 Å². The molecule has 1 aliphatic carbocycles. The first-order valence-corrected chi connectivity index (χ1v) is 8.20. The van der Waals surface area contributed by atoms with Crippen LogP contribution in [0.4, 0.5) is 4.39 Å². The Kier molecular flexibility index (Phi) is 9.28. The molecule has 0 saturated heterocycles. The van der Waals surface area contributed by atoms with E-state index in [0.717, 1.165) is 30.9 Å². The number of hydrogen-bond acceptors (Lipinski definition) is 2. The molecule has 0 aromatic heterocycles. The molecule has 134 valence electrons. The van der Waals surface area contributed by atoms with Crippen LogP contribution in [0.15, 0.2) is 35.3 Å². The van der Waals surface area contributed by atoms with Crippen molar-refractivity contribution < 1.29 is 4.39 Å². The lowest BCUT2D eigenvalue weighted by atomic mass is 10.1. The second kappa shape index (κ2) is 10.7. The maximum atomic E-state index is 13.8. The van der Waals surface area contributed by atoms with E-state index >= 15 is 0 Å². The number of rotatable bonds is 6. The molecule has 0 fully saturated rings. The van der Waals surface area contributed by atoms with E-state index in [1.165, 1.54) is 6.07 Å². The average molecular weight is 446 g/mol. The third-order valence-corrected chi connectivity index (χ3v) is 3.71. The molecule has 0 amide bonds. The third kappa shape index (κ3) is 6.76. The van der Waals surface area contributed by atoms with E-state index in [1.807, 2.05) is 25.1 Å². The molecule has 6 heteroatoms. The van der Waals surface area contributed by atoms with E-state index in [1.54, 1.807) is 6.07 Å². The smallest absolute Gasteiger partial charge is 0.191 e. The number of hydrogen-bond donors (Lipinski definition) is 2. The molecule has 1 aromatic carbocycles. The van der Waals surface area contributed by atoms with Gasteiger partial charge in [-0.15, -0.1) is 24.0 Å². The van der Waals surface area contributed by atoms with Gasteiger partial charge in [-0.2, -0.15) is 0 Å². The molecule has 0 unspecified atom stereocenters. The van der Waals surface area contributed by atoms with Crippen LogP contribution < -0.4 is 10.6 Å². The van der Waals surface area contributed by atoms with Crippen molar-refractivity contribution in [2.24, 2.45) is 4.99 Å². The first kappa shape index (κ1) is 20.9. The Bertz CT molecular complexity index is 564. The Morgan fingerprint density at radius 2 is 2.00 bits per heavy atom. The third-order valence-electron chi connectivity index (χ3n) is 3.71. The van der Waals surface area contributed by atoms with Gasteiger partial charge in [0, 0.05) is 24.7 Å². The van der Waals surface area contributed by atoms with Crippen molar-refractivity contribution in [1.82, 2.24) is 15.5 Å². The van der Waals surface area contributed by atoms with E-state index < -0.39 is 0 Å². The number of nitrogens with one attached hydrogen (secondary N) is 2. The van der Waals surface area contributed by atoms with Crippen LogP contribution in [0.2, 0.25) is 0 Å². The summed E-state index contributed by atoms with van der Waals surface area (Å²) in [6.45, 7) is 4.00. The van der Waals surface area contributed by atoms with Crippen LogP contribution in [0.5, 0.6) is 0 Å². The molecule has 0 heterocycles. The van der Waals surface area contributed by atoms with E-state index in [9.17, 15) is 4.39 Å². The molecule has 24 heavy (non-hydrogen) atoms. The Morgan fingerprint density at radius 1 is 1.29 bits per heavy atom. The molecule has 1 aliphatic rings. The quantitative estimate of drug-likeness (QED) is 0.305. The van der Waals surface area contributed by atoms with Crippen molar-refractivity contribution in [3.63, 3.8) is 0 Å². The zero-order chi connectivity index (χ0) is 16.7. The van der Waals surface area contributed by atoms with Gasteiger partial charge in [0.1, 0.15) is 5.82 Å². The van der Waals surface area contributed by atoms with Crippen molar-refractivity contribution in [2.45, 2.75) is 38.9 Å². The molecule has 4 nitrogen and oxygen atoms in total. The van der Waals surface area contributed by atoms with E-state index in [4.69, 9.17) is 0 Å². The van der Waals surface area contributed by atoms with E-state index in [-0.39, 0.29) is 29.8 Å². The highest BCUT2D eigenvalue weighted by molar-refractivity contribution is 14.0. The Balaban J connectivity index is 0.00000288. The minimum atomic E-state index is -0.159. The molecule has 0 aliphatic heterocycles. The van der Waals surface area contributed by atoms with Gasteiger partial charge in [0.25, 0.3) is 0 Å². The lowest BCUT2D eigenvalue weighted by Crippen LogP contribution is -2.42.